The highest BCUT2D eigenvalue weighted by Crippen LogP contribution is 2.34. The van der Waals surface area contributed by atoms with Crippen LogP contribution in [0.1, 0.15) is 26.3 Å². The molecule has 0 bridgehead atoms. The number of carbonyl (C=O) groups excluding carboxylic acids is 2. The number of phenolic OH excluding ortho intramolecular Hbond substituents is 2. The Bertz CT molecular complexity index is 1100. The van der Waals surface area contributed by atoms with Crippen molar-refractivity contribution in [3.63, 3.8) is 0 Å². The second-order valence-electron chi connectivity index (χ2n) is 5.73. The van der Waals surface area contributed by atoms with Gasteiger partial charge in [0.1, 0.15) is 11.5 Å². The van der Waals surface area contributed by atoms with E-state index in [0.717, 1.165) is 20.9 Å². The van der Waals surface area contributed by atoms with Gasteiger partial charge in [-0.3, -0.25) is 9.59 Å². The third-order valence-electron chi connectivity index (χ3n) is 4.16. The first-order valence-electron chi connectivity index (χ1n) is 7.63. The number of hydrazone groups is 1. The number of imide groups is 1. The minimum Gasteiger partial charge on any atom is -0.508 e. The van der Waals surface area contributed by atoms with Gasteiger partial charge in [-0.2, -0.15) is 10.1 Å². The van der Waals surface area contributed by atoms with E-state index in [1.165, 1.54) is 18.3 Å². The number of benzene rings is 3. The van der Waals surface area contributed by atoms with Crippen molar-refractivity contribution in [2.24, 2.45) is 5.10 Å². The molecule has 0 spiro atoms. The first kappa shape index (κ1) is 16.3. The average Bonchev–Trinajstić information content (AvgIpc) is 2.62. The summed E-state index contributed by atoms with van der Waals surface area (Å²) in [4.78, 5) is 25.5. The Hall–Kier alpha value is -3.19. The molecule has 26 heavy (non-hydrogen) atoms. The van der Waals surface area contributed by atoms with E-state index in [1.807, 2.05) is 6.07 Å². The Balaban J connectivity index is 1.81. The Morgan fingerprint density at radius 3 is 2.42 bits per heavy atom. The molecule has 2 N–H and O–H groups in total. The smallest absolute Gasteiger partial charge is 0.282 e. The van der Waals surface area contributed by atoms with E-state index in [2.05, 4.69) is 21.0 Å². The van der Waals surface area contributed by atoms with Gasteiger partial charge >= 0.3 is 0 Å². The van der Waals surface area contributed by atoms with Crippen LogP contribution in [0.4, 0.5) is 0 Å². The number of phenols is 2. The van der Waals surface area contributed by atoms with Gasteiger partial charge in [0.05, 0.1) is 17.3 Å². The topological polar surface area (TPSA) is 90.2 Å². The predicted octanol–water partition coefficient (Wildman–Crippen LogP) is 3.64. The molecule has 0 unspecified atom stereocenters. The molecule has 2 amide bonds. The van der Waals surface area contributed by atoms with Crippen molar-refractivity contribution in [3.8, 4) is 11.5 Å². The molecule has 1 heterocycles. The van der Waals surface area contributed by atoms with Crippen LogP contribution in [0.3, 0.4) is 0 Å². The maximum atomic E-state index is 12.8. The second-order valence-corrected chi connectivity index (χ2v) is 6.59. The van der Waals surface area contributed by atoms with Crippen LogP contribution >= 0.6 is 15.9 Å². The van der Waals surface area contributed by atoms with E-state index >= 15 is 0 Å². The average molecular weight is 411 g/mol. The van der Waals surface area contributed by atoms with Gasteiger partial charge in [-0.05, 0) is 35.7 Å². The summed E-state index contributed by atoms with van der Waals surface area (Å²) in [6.45, 7) is 0. The van der Waals surface area contributed by atoms with Gasteiger partial charge in [0.25, 0.3) is 11.8 Å². The molecule has 0 radical (unpaired) electrons. The lowest BCUT2D eigenvalue weighted by atomic mass is 9.95. The summed E-state index contributed by atoms with van der Waals surface area (Å²) >= 11 is 3.43. The van der Waals surface area contributed by atoms with Crippen LogP contribution in [0.15, 0.2) is 58.1 Å². The maximum Gasteiger partial charge on any atom is 0.282 e. The van der Waals surface area contributed by atoms with Crippen molar-refractivity contribution in [1.82, 2.24) is 5.01 Å². The maximum absolute atomic E-state index is 12.8. The molecule has 0 fully saturated rings. The molecule has 4 rings (SSSR count). The molecule has 6 nitrogen and oxygen atoms in total. The summed E-state index contributed by atoms with van der Waals surface area (Å²) in [5, 5.41) is 25.3. The highest BCUT2D eigenvalue weighted by Gasteiger charge is 2.33. The Morgan fingerprint density at radius 2 is 1.69 bits per heavy atom. The van der Waals surface area contributed by atoms with Crippen LogP contribution in [0.5, 0.6) is 11.5 Å². The largest absolute Gasteiger partial charge is 0.508 e. The van der Waals surface area contributed by atoms with Crippen LogP contribution in [0.25, 0.3) is 10.8 Å². The van der Waals surface area contributed by atoms with Crippen molar-refractivity contribution in [1.29, 1.82) is 0 Å². The molecule has 7 heteroatoms. The molecule has 0 saturated heterocycles. The minimum absolute atomic E-state index is 0.101. The van der Waals surface area contributed by atoms with Gasteiger partial charge in [0.15, 0.2) is 0 Å². The summed E-state index contributed by atoms with van der Waals surface area (Å²) in [5.41, 5.74) is 1.03. The second kappa shape index (κ2) is 5.96. The van der Waals surface area contributed by atoms with Crippen molar-refractivity contribution >= 4 is 44.7 Å². The molecule has 0 aliphatic carbocycles. The Labute approximate surface area is 156 Å². The minimum atomic E-state index is -0.541. The van der Waals surface area contributed by atoms with Gasteiger partial charge in [0.2, 0.25) is 0 Å². The lowest BCUT2D eigenvalue weighted by Crippen LogP contribution is -2.36. The van der Waals surface area contributed by atoms with Crippen LogP contribution in [-0.2, 0) is 0 Å². The standard InChI is InChI=1S/C19H11BrN2O4/c20-15-7-6-14-17-12(15)2-1-3-13(17)18(25)22(19(14)26)21-9-10-4-5-11(23)8-16(10)24/h1-9,23-24H/b21-9+. The van der Waals surface area contributed by atoms with Crippen molar-refractivity contribution in [2.45, 2.75) is 0 Å². The monoisotopic (exact) mass is 410 g/mol. The zero-order valence-electron chi connectivity index (χ0n) is 13.2. The molecular weight excluding hydrogens is 400 g/mol. The molecule has 1 aliphatic heterocycles. The van der Waals surface area contributed by atoms with Crippen LogP contribution < -0.4 is 0 Å². The number of hydrogen-bond acceptors (Lipinski definition) is 5. The third kappa shape index (κ3) is 2.44. The summed E-state index contributed by atoms with van der Waals surface area (Å²) < 4.78 is 0.796. The SMILES string of the molecule is O=C1c2cccc3c(Br)ccc(c23)C(=O)N1/N=C/c1ccc(O)cc1O. The lowest BCUT2D eigenvalue weighted by molar-refractivity contribution is 0.0616. The number of hydrogen-bond donors (Lipinski definition) is 2. The summed E-state index contributed by atoms with van der Waals surface area (Å²) in [5.74, 6) is -1.39. The highest BCUT2D eigenvalue weighted by atomic mass is 79.9. The molecule has 0 aromatic heterocycles. The van der Waals surface area contributed by atoms with E-state index < -0.39 is 11.8 Å². The molecule has 3 aromatic rings. The number of aromatic hydroxyl groups is 2. The van der Waals surface area contributed by atoms with Crippen LogP contribution in [-0.4, -0.2) is 33.3 Å². The Kier molecular flexibility index (Phi) is 3.73. The van der Waals surface area contributed by atoms with Crippen molar-refractivity contribution in [3.05, 3.63) is 69.7 Å². The van der Waals surface area contributed by atoms with E-state index in [4.69, 9.17) is 0 Å². The fourth-order valence-corrected chi connectivity index (χ4v) is 3.38. The number of nitrogens with zero attached hydrogens (tertiary/aromatic N) is 2. The van der Waals surface area contributed by atoms with Gasteiger partial charge in [-0.15, -0.1) is 0 Å². The van der Waals surface area contributed by atoms with E-state index in [1.54, 1.807) is 24.3 Å². The first-order chi connectivity index (χ1) is 12.5. The number of rotatable bonds is 2. The van der Waals surface area contributed by atoms with Crippen LogP contribution in [0, 0.1) is 0 Å². The van der Waals surface area contributed by atoms with Crippen LogP contribution in [0.2, 0.25) is 0 Å². The fraction of sp³-hybridized carbons (Fsp3) is 0. The van der Waals surface area contributed by atoms with Gasteiger partial charge < -0.3 is 10.2 Å². The summed E-state index contributed by atoms with van der Waals surface area (Å²) in [6, 6.07) is 12.6. The summed E-state index contributed by atoms with van der Waals surface area (Å²) in [7, 11) is 0. The number of carbonyl (C=O) groups is 2. The quantitative estimate of drug-likeness (QED) is 0.498. The predicted molar refractivity (Wildman–Crippen MR) is 99.5 cm³/mol. The fourth-order valence-electron chi connectivity index (χ4n) is 2.91. The van der Waals surface area contributed by atoms with E-state index in [9.17, 15) is 19.8 Å². The zero-order valence-corrected chi connectivity index (χ0v) is 14.8. The molecule has 128 valence electrons. The molecule has 0 atom stereocenters. The van der Waals surface area contributed by atoms with Gasteiger partial charge in [-0.25, -0.2) is 0 Å². The highest BCUT2D eigenvalue weighted by molar-refractivity contribution is 9.10. The third-order valence-corrected chi connectivity index (χ3v) is 4.85. The van der Waals surface area contributed by atoms with Gasteiger partial charge in [-0.1, -0.05) is 28.1 Å². The molecule has 3 aromatic carbocycles. The molecule has 1 aliphatic rings. The molecule has 0 saturated carbocycles. The number of amides is 2. The van der Waals surface area contributed by atoms with Crippen molar-refractivity contribution < 1.29 is 19.8 Å². The van der Waals surface area contributed by atoms with E-state index in [0.29, 0.717) is 16.5 Å². The summed E-state index contributed by atoms with van der Waals surface area (Å²) in [6.07, 6.45) is 1.20. The van der Waals surface area contributed by atoms with Gasteiger partial charge in [0, 0.05) is 21.5 Å². The number of halogens is 1. The Morgan fingerprint density at radius 1 is 0.962 bits per heavy atom. The normalized spacial score (nSPS) is 13.8. The zero-order chi connectivity index (χ0) is 18.4. The lowest BCUT2D eigenvalue weighted by Gasteiger charge is -2.23. The van der Waals surface area contributed by atoms with Crippen molar-refractivity contribution in [2.75, 3.05) is 0 Å². The van der Waals surface area contributed by atoms with E-state index in [-0.39, 0.29) is 17.1 Å². The first-order valence-corrected chi connectivity index (χ1v) is 8.42. The molecular formula is C19H11BrN2O4.